The zero-order chi connectivity index (χ0) is 12.5. The second-order valence-electron chi connectivity index (χ2n) is 5.53. The maximum absolute atomic E-state index is 5.98. The Bertz CT molecular complexity index is 369. The number of benzene rings is 1. The van der Waals surface area contributed by atoms with E-state index in [0.717, 1.165) is 5.02 Å². The topological polar surface area (TPSA) is 12.0 Å². The fourth-order valence-corrected chi connectivity index (χ4v) is 3.49. The third-order valence-electron chi connectivity index (χ3n) is 4.24. The van der Waals surface area contributed by atoms with Crippen molar-refractivity contribution in [2.24, 2.45) is 5.92 Å². The van der Waals surface area contributed by atoms with Crippen LogP contribution in [-0.4, -0.2) is 13.1 Å². The van der Waals surface area contributed by atoms with Crippen LogP contribution in [0, 0.1) is 5.92 Å². The van der Waals surface area contributed by atoms with Crippen LogP contribution in [0.3, 0.4) is 0 Å². The smallest absolute Gasteiger partial charge is 0.0406 e. The van der Waals surface area contributed by atoms with Crippen LogP contribution in [0.25, 0.3) is 0 Å². The lowest BCUT2D eigenvalue weighted by atomic mass is 9.58. The Morgan fingerprint density at radius 1 is 1.17 bits per heavy atom. The van der Waals surface area contributed by atoms with Gasteiger partial charge in [0.2, 0.25) is 0 Å². The molecule has 0 spiro atoms. The quantitative estimate of drug-likeness (QED) is 0.864. The molecule has 102 valence electrons. The van der Waals surface area contributed by atoms with Crippen molar-refractivity contribution < 1.29 is 0 Å². The van der Waals surface area contributed by atoms with Gasteiger partial charge in [0.15, 0.2) is 0 Å². The van der Waals surface area contributed by atoms with Gasteiger partial charge in [-0.2, -0.15) is 0 Å². The lowest BCUT2D eigenvalue weighted by Crippen LogP contribution is -2.54. The lowest BCUT2D eigenvalue weighted by Gasteiger charge is -2.50. The molecule has 1 aliphatic rings. The predicted octanol–water partition coefficient (Wildman–Crippen LogP) is 4.43. The summed E-state index contributed by atoms with van der Waals surface area (Å²) in [7, 11) is 2.08. The summed E-state index contributed by atoms with van der Waals surface area (Å²) in [5.74, 6) is 0.649. The summed E-state index contributed by atoms with van der Waals surface area (Å²) in [5, 5.41) is 4.35. The average Bonchev–Trinajstić information content (AvgIpc) is 2.24. The molecule has 1 unspecified atom stereocenters. The number of likely N-dealkylation sites (N-methyl/N-ethyl adjacent to an activating group) is 1. The first kappa shape index (κ1) is 15.8. The van der Waals surface area contributed by atoms with Gasteiger partial charge in [0, 0.05) is 16.5 Å². The molecule has 1 N–H and O–H groups in total. The normalized spacial score (nSPS) is 18.9. The van der Waals surface area contributed by atoms with Crippen molar-refractivity contribution in [3.8, 4) is 0 Å². The molecule has 1 atom stereocenters. The van der Waals surface area contributed by atoms with Crippen LogP contribution in [0.5, 0.6) is 0 Å². The highest BCUT2D eigenvalue weighted by Gasteiger charge is 2.45. The second-order valence-corrected chi connectivity index (χ2v) is 5.96. The first-order valence-corrected chi connectivity index (χ1v) is 6.91. The van der Waals surface area contributed by atoms with Gasteiger partial charge in [-0.25, -0.2) is 0 Å². The van der Waals surface area contributed by atoms with E-state index in [1.807, 2.05) is 12.1 Å². The van der Waals surface area contributed by atoms with Crippen LogP contribution in [0.1, 0.15) is 38.7 Å². The van der Waals surface area contributed by atoms with E-state index in [1.54, 1.807) is 0 Å². The van der Waals surface area contributed by atoms with Crippen molar-refractivity contribution >= 4 is 24.0 Å². The number of hydrogen-bond acceptors (Lipinski definition) is 1. The van der Waals surface area contributed by atoms with Crippen LogP contribution >= 0.6 is 24.0 Å². The van der Waals surface area contributed by atoms with Crippen LogP contribution in [-0.2, 0) is 5.41 Å². The Hall–Kier alpha value is -0.240. The van der Waals surface area contributed by atoms with Crippen molar-refractivity contribution in [1.82, 2.24) is 5.32 Å². The van der Waals surface area contributed by atoms with E-state index < -0.39 is 0 Å². The molecule has 0 bridgehead atoms. The molecular formula is C15H23Cl2N. The van der Waals surface area contributed by atoms with E-state index in [1.165, 1.54) is 24.8 Å². The minimum atomic E-state index is 0. The van der Waals surface area contributed by atoms with Gasteiger partial charge in [0.1, 0.15) is 0 Å². The van der Waals surface area contributed by atoms with Crippen LogP contribution in [0.15, 0.2) is 24.3 Å². The molecule has 3 heteroatoms. The van der Waals surface area contributed by atoms with Gasteiger partial charge in [-0.15, -0.1) is 12.4 Å². The Labute approximate surface area is 122 Å². The lowest BCUT2D eigenvalue weighted by molar-refractivity contribution is 0.142. The van der Waals surface area contributed by atoms with Crippen molar-refractivity contribution in [2.75, 3.05) is 7.05 Å². The molecule has 1 saturated carbocycles. The van der Waals surface area contributed by atoms with Gasteiger partial charge < -0.3 is 5.32 Å². The maximum atomic E-state index is 5.98. The molecule has 18 heavy (non-hydrogen) atoms. The highest BCUT2D eigenvalue weighted by Crippen LogP contribution is 2.48. The van der Waals surface area contributed by atoms with Gasteiger partial charge in [-0.1, -0.05) is 44.0 Å². The van der Waals surface area contributed by atoms with Gasteiger partial charge in [-0.05, 0) is 43.5 Å². The standard InChI is InChI=1S/C15H22ClN.ClH/c1-11(2)14(17-3)15(9-4-10-15)12-5-7-13(16)8-6-12;/h5-8,11,14,17H,4,9-10H2,1-3H3;1H. The Kier molecular flexibility index (Phi) is 5.51. The highest BCUT2D eigenvalue weighted by molar-refractivity contribution is 6.30. The molecule has 1 aromatic rings. The van der Waals surface area contributed by atoms with E-state index in [0.29, 0.717) is 17.4 Å². The van der Waals surface area contributed by atoms with E-state index in [9.17, 15) is 0 Å². The minimum Gasteiger partial charge on any atom is -0.316 e. The average molecular weight is 288 g/mol. The fourth-order valence-electron chi connectivity index (χ4n) is 3.37. The van der Waals surface area contributed by atoms with E-state index >= 15 is 0 Å². The molecular weight excluding hydrogens is 265 g/mol. The van der Waals surface area contributed by atoms with E-state index in [2.05, 4.69) is 38.3 Å². The first-order valence-electron chi connectivity index (χ1n) is 6.53. The van der Waals surface area contributed by atoms with Crippen LogP contribution in [0.2, 0.25) is 5.02 Å². The largest absolute Gasteiger partial charge is 0.316 e. The fraction of sp³-hybridized carbons (Fsp3) is 0.600. The summed E-state index contributed by atoms with van der Waals surface area (Å²) < 4.78 is 0. The third kappa shape index (κ3) is 2.68. The molecule has 1 aliphatic carbocycles. The number of rotatable bonds is 4. The van der Waals surface area contributed by atoms with Crippen molar-refractivity contribution in [2.45, 2.75) is 44.6 Å². The Balaban J connectivity index is 0.00000162. The molecule has 0 radical (unpaired) electrons. The summed E-state index contributed by atoms with van der Waals surface area (Å²) in [6.45, 7) is 4.61. The molecule has 1 nitrogen and oxygen atoms in total. The van der Waals surface area contributed by atoms with Gasteiger partial charge >= 0.3 is 0 Å². The zero-order valence-electron chi connectivity index (χ0n) is 11.4. The summed E-state index contributed by atoms with van der Waals surface area (Å²) in [6.07, 6.45) is 3.92. The van der Waals surface area contributed by atoms with Gasteiger partial charge in [-0.3, -0.25) is 0 Å². The third-order valence-corrected chi connectivity index (χ3v) is 4.49. The van der Waals surface area contributed by atoms with E-state index in [-0.39, 0.29) is 12.4 Å². The molecule has 1 aromatic carbocycles. The minimum absolute atomic E-state index is 0. The predicted molar refractivity (Wildman–Crippen MR) is 81.9 cm³/mol. The number of halogens is 2. The molecule has 1 fully saturated rings. The Morgan fingerprint density at radius 2 is 1.72 bits per heavy atom. The van der Waals surface area contributed by atoms with Crippen LogP contribution < -0.4 is 5.32 Å². The summed E-state index contributed by atoms with van der Waals surface area (Å²) in [4.78, 5) is 0. The second kappa shape index (κ2) is 6.27. The van der Waals surface area contributed by atoms with Crippen LogP contribution in [0.4, 0.5) is 0 Å². The van der Waals surface area contributed by atoms with Crippen molar-refractivity contribution in [1.29, 1.82) is 0 Å². The summed E-state index contributed by atoms with van der Waals surface area (Å²) in [5.41, 5.74) is 1.77. The SMILES string of the molecule is CNC(C(C)C)C1(c2ccc(Cl)cc2)CCC1.Cl. The van der Waals surface area contributed by atoms with Crippen molar-refractivity contribution in [3.63, 3.8) is 0 Å². The molecule has 0 amide bonds. The maximum Gasteiger partial charge on any atom is 0.0406 e. The number of nitrogens with one attached hydrogen (secondary N) is 1. The van der Waals surface area contributed by atoms with Gasteiger partial charge in [0.25, 0.3) is 0 Å². The van der Waals surface area contributed by atoms with E-state index in [4.69, 9.17) is 11.6 Å². The van der Waals surface area contributed by atoms with Gasteiger partial charge in [0.05, 0.1) is 0 Å². The molecule has 0 heterocycles. The molecule has 0 aromatic heterocycles. The van der Waals surface area contributed by atoms with Crippen molar-refractivity contribution in [3.05, 3.63) is 34.9 Å². The first-order chi connectivity index (χ1) is 8.10. The monoisotopic (exact) mass is 287 g/mol. The Morgan fingerprint density at radius 3 is 2.06 bits per heavy atom. The summed E-state index contributed by atoms with van der Waals surface area (Å²) >= 11 is 5.98. The molecule has 0 aliphatic heterocycles. The number of hydrogen-bond donors (Lipinski definition) is 1. The highest BCUT2D eigenvalue weighted by atomic mass is 35.5. The molecule has 0 saturated heterocycles. The molecule has 2 rings (SSSR count). The zero-order valence-corrected chi connectivity index (χ0v) is 12.9. The summed E-state index contributed by atoms with van der Waals surface area (Å²) in [6, 6.07) is 8.99.